The van der Waals surface area contributed by atoms with E-state index in [1.54, 1.807) is 7.11 Å². The summed E-state index contributed by atoms with van der Waals surface area (Å²) in [4.78, 5) is 0. The largest absolute Gasteiger partial charge is 0.379 e. The van der Waals surface area contributed by atoms with Gasteiger partial charge >= 0.3 is 0 Å². The topological polar surface area (TPSA) is 21.3 Å². The van der Waals surface area contributed by atoms with E-state index >= 15 is 0 Å². The Morgan fingerprint density at radius 2 is 2.12 bits per heavy atom. The van der Waals surface area contributed by atoms with Crippen LogP contribution in [0.1, 0.15) is 46.0 Å². The summed E-state index contributed by atoms with van der Waals surface area (Å²) in [6.07, 6.45) is 6.07. The summed E-state index contributed by atoms with van der Waals surface area (Å²) in [6, 6.07) is 0. The molecule has 0 aromatic rings. The van der Waals surface area contributed by atoms with Gasteiger partial charge in [0.1, 0.15) is 0 Å². The Morgan fingerprint density at radius 3 is 2.75 bits per heavy atom. The molecular formula is C13H26ClNO. The predicted octanol–water partition coefficient (Wildman–Crippen LogP) is 3.19. The maximum atomic E-state index is 6.17. The Balaban J connectivity index is 2.06. The Morgan fingerprint density at radius 1 is 1.38 bits per heavy atom. The van der Waals surface area contributed by atoms with E-state index in [1.165, 1.54) is 25.7 Å². The van der Waals surface area contributed by atoms with Crippen molar-refractivity contribution < 1.29 is 4.74 Å². The first-order chi connectivity index (χ1) is 7.53. The second kappa shape index (κ2) is 6.83. The van der Waals surface area contributed by atoms with Gasteiger partial charge in [0, 0.05) is 12.5 Å². The Labute approximate surface area is 105 Å². The second-order valence-electron chi connectivity index (χ2n) is 5.55. The molecule has 1 N–H and O–H groups in total. The van der Waals surface area contributed by atoms with E-state index in [4.69, 9.17) is 16.3 Å². The highest BCUT2D eigenvalue weighted by atomic mass is 35.5. The predicted molar refractivity (Wildman–Crippen MR) is 70.2 cm³/mol. The van der Waals surface area contributed by atoms with Crippen LogP contribution in [0.2, 0.25) is 0 Å². The molecule has 0 aromatic carbocycles. The lowest BCUT2D eigenvalue weighted by Gasteiger charge is -2.27. The molecule has 2 atom stereocenters. The van der Waals surface area contributed by atoms with Crippen LogP contribution in [-0.4, -0.2) is 31.2 Å². The summed E-state index contributed by atoms with van der Waals surface area (Å²) in [7, 11) is 1.78. The van der Waals surface area contributed by atoms with Gasteiger partial charge in [-0.05, 0) is 58.5 Å². The van der Waals surface area contributed by atoms with Gasteiger partial charge in [0.15, 0.2) is 0 Å². The van der Waals surface area contributed by atoms with Crippen molar-refractivity contribution in [3.05, 3.63) is 0 Å². The molecule has 0 saturated heterocycles. The Bertz CT molecular complexity index is 196. The van der Waals surface area contributed by atoms with Crippen molar-refractivity contribution in [2.24, 2.45) is 5.92 Å². The number of hydrogen-bond donors (Lipinski definition) is 1. The highest BCUT2D eigenvalue weighted by Gasteiger charge is 2.20. The third kappa shape index (κ3) is 5.51. The molecule has 1 aliphatic carbocycles. The third-order valence-electron chi connectivity index (χ3n) is 3.61. The first-order valence-electron chi connectivity index (χ1n) is 6.43. The van der Waals surface area contributed by atoms with Gasteiger partial charge in [0.2, 0.25) is 0 Å². The van der Waals surface area contributed by atoms with Crippen molar-refractivity contribution >= 4 is 11.6 Å². The average molecular weight is 248 g/mol. The van der Waals surface area contributed by atoms with E-state index in [-0.39, 0.29) is 5.60 Å². The molecule has 0 bridgehead atoms. The van der Waals surface area contributed by atoms with Gasteiger partial charge in [-0.1, -0.05) is 6.42 Å². The van der Waals surface area contributed by atoms with Gasteiger partial charge in [0.05, 0.1) is 5.60 Å². The minimum atomic E-state index is -0.00537. The quantitative estimate of drug-likeness (QED) is 0.575. The second-order valence-corrected chi connectivity index (χ2v) is 6.17. The van der Waals surface area contributed by atoms with Crippen LogP contribution in [0.4, 0.5) is 0 Å². The van der Waals surface area contributed by atoms with Gasteiger partial charge in [-0.25, -0.2) is 0 Å². The SMILES string of the molecule is COC(C)(C)CCNCC1CCCC(Cl)C1. The first kappa shape index (κ1) is 14.3. The van der Waals surface area contributed by atoms with Crippen LogP contribution in [0.25, 0.3) is 0 Å². The van der Waals surface area contributed by atoms with E-state index < -0.39 is 0 Å². The molecule has 16 heavy (non-hydrogen) atoms. The standard InChI is InChI=1S/C13H26ClNO/c1-13(2,16-3)7-8-15-10-11-5-4-6-12(14)9-11/h11-12,15H,4-10H2,1-3H3. The van der Waals surface area contributed by atoms with Crippen LogP contribution < -0.4 is 5.32 Å². The van der Waals surface area contributed by atoms with Gasteiger partial charge in [-0.2, -0.15) is 0 Å². The van der Waals surface area contributed by atoms with Crippen LogP contribution in [0.15, 0.2) is 0 Å². The van der Waals surface area contributed by atoms with Gasteiger partial charge in [-0.15, -0.1) is 11.6 Å². The summed E-state index contributed by atoms with van der Waals surface area (Å²) in [5.41, 5.74) is -0.00537. The van der Waals surface area contributed by atoms with Crippen molar-refractivity contribution in [2.75, 3.05) is 20.2 Å². The molecule has 0 spiro atoms. The van der Waals surface area contributed by atoms with Crippen LogP contribution in [-0.2, 0) is 4.74 Å². The van der Waals surface area contributed by atoms with E-state index in [0.717, 1.165) is 25.4 Å². The number of hydrogen-bond acceptors (Lipinski definition) is 2. The number of methoxy groups -OCH3 is 1. The molecule has 2 unspecified atom stereocenters. The molecule has 0 aromatic heterocycles. The molecular weight excluding hydrogens is 222 g/mol. The number of rotatable bonds is 6. The summed E-state index contributed by atoms with van der Waals surface area (Å²) in [5, 5.41) is 3.94. The molecule has 1 saturated carbocycles. The summed E-state index contributed by atoms with van der Waals surface area (Å²) in [5.74, 6) is 0.780. The highest BCUT2D eigenvalue weighted by molar-refractivity contribution is 6.20. The smallest absolute Gasteiger partial charge is 0.0634 e. The van der Waals surface area contributed by atoms with Crippen LogP contribution in [0.5, 0.6) is 0 Å². The minimum Gasteiger partial charge on any atom is -0.379 e. The number of nitrogens with one attached hydrogen (secondary N) is 1. The molecule has 96 valence electrons. The van der Waals surface area contributed by atoms with Gasteiger partial charge in [-0.3, -0.25) is 0 Å². The first-order valence-corrected chi connectivity index (χ1v) is 6.87. The van der Waals surface area contributed by atoms with Crippen LogP contribution in [0.3, 0.4) is 0 Å². The fourth-order valence-electron chi connectivity index (χ4n) is 2.21. The highest BCUT2D eigenvalue weighted by Crippen LogP contribution is 2.27. The third-order valence-corrected chi connectivity index (χ3v) is 4.00. The zero-order valence-electron chi connectivity index (χ0n) is 10.9. The average Bonchev–Trinajstić information content (AvgIpc) is 2.25. The maximum Gasteiger partial charge on any atom is 0.0634 e. The number of alkyl halides is 1. The molecule has 1 fully saturated rings. The van der Waals surface area contributed by atoms with Gasteiger partial charge < -0.3 is 10.1 Å². The molecule has 1 rings (SSSR count). The fourth-order valence-corrected chi connectivity index (χ4v) is 2.61. The zero-order chi connectivity index (χ0) is 12.0. The van der Waals surface area contributed by atoms with E-state index in [0.29, 0.717) is 5.38 Å². The molecule has 2 nitrogen and oxygen atoms in total. The van der Waals surface area contributed by atoms with Crippen molar-refractivity contribution in [1.29, 1.82) is 0 Å². The van der Waals surface area contributed by atoms with E-state index in [9.17, 15) is 0 Å². The van der Waals surface area contributed by atoms with Crippen molar-refractivity contribution in [1.82, 2.24) is 5.32 Å². The van der Waals surface area contributed by atoms with Crippen LogP contribution >= 0.6 is 11.6 Å². The summed E-state index contributed by atoms with van der Waals surface area (Å²) < 4.78 is 5.39. The monoisotopic (exact) mass is 247 g/mol. The fraction of sp³-hybridized carbons (Fsp3) is 1.00. The molecule has 0 radical (unpaired) electrons. The lowest BCUT2D eigenvalue weighted by atomic mass is 9.89. The zero-order valence-corrected chi connectivity index (χ0v) is 11.6. The maximum absolute atomic E-state index is 6.17. The molecule has 0 aliphatic heterocycles. The molecule has 1 aliphatic rings. The molecule has 3 heteroatoms. The Kier molecular flexibility index (Phi) is 6.09. The summed E-state index contributed by atoms with van der Waals surface area (Å²) >= 11 is 6.17. The van der Waals surface area contributed by atoms with Crippen molar-refractivity contribution in [2.45, 2.75) is 56.9 Å². The number of ether oxygens (including phenoxy) is 1. The minimum absolute atomic E-state index is 0.00537. The van der Waals surface area contributed by atoms with E-state index in [2.05, 4.69) is 19.2 Å². The molecule has 0 heterocycles. The lowest BCUT2D eigenvalue weighted by molar-refractivity contribution is 0.0156. The van der Waals surface area contributed by atoms with E-state index in [1.807, 2.05) is 0 Å². The normalized spacial score (nSPS) is 27.0. The van der Waals surface area contributed by atoms with Gasteiger partial charge in [0.25, 0.3) is 0 Å². The summed E-state index contributed by atoms with van der Waals surface area (Å²) in [6.45, 7) is 6.40. The molecule has 0 amide bonds. The van der Waals surface area contributed by atoms with Crippen molar-refractivity contribution in [3.8, 4) is 0 Å². The Hall–Kier alpha value is 0.210. The van der Waals surface area contributed by atoms with Crippen molar-refractivity contribution in [3.63, 3.8) is 0 Å². The lowest BCUT2D eigenvalue weighted by Crippen LogP contribution is -2.32. The van der Waals surface area contributed by atoms with Crippen LogP contribution in [0, 0.1) is 5.92 Å². The number of halogens is 1.